The Hall–Kier alpha value is -1.68. The molecule has 2 heterocycles. The molecule has 0 saturated carbocycles. The lowest BCUT2D eigenvalue weighted by atomic mass is 10.3. The lowest BCUT2D eigenvalue weighted by Gasteiger charge is -2.08. The maximum Gasteiger partial charge on any atom is 0.0952 e. The van der Waals surface area contributed by atoms with Gasteiger partial charge in [0.25, 0.3) is 0 Å². The second kappa shape index (κ2) is 5.59. The van der Waals surface area contributed by atoms with E-state index in [2.05, 4.69) is 26.8 Å². The van der Waals surface area contributed by atoms with Gasteiger partial charge in [-0.1, -0.05) is 13.0 Å². The molecule has 2 aromatic heterocycles. The smallest absolute Gasteiger partial charge is 0.0952 e. The molecule has 0 amide bonds. The maximum atomic E-state index is 4.50. The fourth-order valence-corrected chi connectivity index (χ4v) is 1.75. The molecule has 0 aromatic carbocycles. The summed E-state index contributed by atoms with van der Waals surface area (Å²) in [5.74, 6) is 0. The number of hydrogen-bond acceptors (Lipinski definition) is 3. The summed E-state index contributed by atoms with van der Waals surface area (Å²) in [7, 11) is 0. The number of nitrogens with one attached hydrogen (secondary N) is 1. The van der Waals surface area contributed by atoms with Crippen LogP contribution in [0.5, 0.6) is 0 Å². The molecule has 0 bridgehead atoms. The molecule has 1 N–H and O–H groups in total. The lowest BCUT2D eigenvalue weighted by molar-refractivity contribution is 0.650. The van der Waals surface area contributed by atoms with Crippen molar-refractivity contribution in [1.29, 1.82) is 0 Å². The van der Waals surface area contributed by atoms with E-state index in [0.29, 0.717) is 0 Å². The van der Waals surface area contributed by atoms with Crippen LogP contribution < -0.4 is 5.32 Å². The molecule has 0 aliphatic heterocycles. The van der Waals surface area contributed by atoms with Gasteiger partial charge in [-0.2, -0.15) is 0 Å². The van der Waals surface area contributed by atoms with Crippen molar-refractivity contribution in [2.24, 2.45) is 0 Å². The topological polar surface area (TPSA) is 42.7 Å². The monoisotopic (exact) mass is 230 g/mol. The first kappa shape index (κ1) is 11.8. The van der Waals surface area contributed by atoms with Gasteiger partial charge in [0.1, 0.15) is 0 Å². The first-order valence-corrected chi connectivity index (χ1v) is 5.92. The average molecular weight is 230 g/mol. The third-order valence-electron chi connectivity index (χ3n) is 2.63. The molecule has 0 atom stereocenters. The van der Waals surface area contributed by atoms with Gasteiger partial charge < -0.3 is 9.88 Å². The van der Waals surface area contributed by atoms with Gasteiger partial charge in [-0.15, -0.1) is 0 Å². The highest BCUT2D eigenvalue weighted by atomic mass is 15.1. The zero-order chi connectivity index (χ0) is 12.1. The van der Waals surface area contributed by atoms with Crippen LogP contribution in [0.4, 0.5) is 0 Å². The molecular weight excluding hydrogens is 212 g/mol. The second-order valence-corrected chi connectivity index (χ2v) is 4.06. The van der Waals surface area contributed by atoms with Crippen molar-refractivity contribution in [3.8, 4) is 0 Å². The molecule has 0 aliphatic carbocycles. The van der Waals surface area contributed by atoms with Crippen LogP contribution in [0.15, 0.2) is 30.7 Å². The van der Waals surface area contributed by atoms with Crippen molar-refractivity contribution >= 4 is 0 Å². The summed E-state index contributed by atoms with van der Waals surface area (Å²) in [5, 5.41) is 3.31. The SMILES string of the molecule is CCNCc1cncn1Cc1cccc(C)n1. The van der Waals surface area contributed by atoms with Gasteiger partial charge >= 0.3 is 0 Å². The van der Waals surface area contributed by atoms with Crippen molar-refractivity contribution in [2.75, 3.05) is 6.54 Å². The lowest BCUT2D eigenvalue weighted by Crippen LogP contribution is -2.15. The van der Waals surface area contributed by atoms with Gasteiger partial charge in [-0.3, -0.25) is 4.98 Å². The minimum absolute atomic E-state index is 0.780. The van der Waals surface area contributed by atoms with Gasteiger partial charge in [-0.25, -0.2) is 4.98 Å². The van der Waals surface area contributed by atoms with E-state index >= 15 is 0 Å². The minimum Gasteiger partial charge on any atom is -0.327 e. The van der Waals surface area contributed by atoms with Crippen molar-refractivity contribution in [1.82, 2.24) is 19.9 Å². The Kier molecular flexibility index (Phi) is 3.88. The van der Waals surface area contributed by atoms with Crippen LogP contribution in [0, 0.1) is 6.92 Å². The van der Waals surface area contributed by atoms with Crippen molar-refractivity contribution in [2.45, 2.75) is 26.9 Å². The van der Waals surface area contributed by atoms with Gasteiger partial charge in [0, 0.05) is 18.4 Å². The van der Waals surface area contributed by atoms with Gasteiger partial charge in [0.2, 0.25) is 0 Å². The Labute approximate surface area is 102 Å². The van der Waals surface area contributed by atoms with Crippen LogP contribution in [0.2, 0.25) is 0 Å². The molecule has 2 aromatic rings. The normalized spacial score (nSPS) is 10.7. The molecule has 0 aliphatic rings. The van der Waals surface area contributed by atoms with E-state index in [1.807, 2.05) is 37.6 Å². The van der Waals surface area contributed by atoms with Gasteiger partial charge in [-0.05, 0) is 25.6 Å². The first-order chi connectivity index (χ1) is 8.29. The standard InChI is InChI=1S/C13H18N4/c1-3-14-7-13-8-15-10-17(13)9-12-6-4-5-11(2)16-12/h4-6,8,10,14H,3,7,9H2,1-2H3. The fraction of sp³-hybridized carbons (Fsp3) is 0.385. The van der Waals surface area contributed by atoms with Crippen molar-refractivity contribution < 1.29 is 0 Å². The molecule has 4 heteroatoms. The second-order valence-electron chi connectivity index (χ2n) is 4.06. The van der Waals surface area contributed by atoms with Crippen LogP contribution in [0.1, 0.15) is 24.0 Å². The molecule has 2 rings (SSSR count). The Morgan fingerprint density at radius 2 is 2.24 bits per heavy atom. The van der Waals surface area contributed by atoms with Crippen molar-refractivity contribution in [3.05, 3.63) is 47.8 Å². The molecule has 4 nitrogen and oxygen atoms in total. The number of aromatic nitrogens is 3. The molecule has 0 saturated heterocycles. The molecule has 0 fully saturated rings. The molecule has 0 radical (unpaired) electrons. The summed E-state index contributed by atoms with van der Waals surface area (Å²) < 4.78 is 2.13. The van der Waals surface area contributed by atoms with E-state index < -0.39 is 0 Å². The number of rotatable bonds is 5. The van der Waals surface area contributed by atoms with Crippen LogP contribution in [0.3, 0.4) is 0 Å². The van der Waals surface area contributed by atoms with E-state index in [4.69, 9.17) is 0 Å². The fourth-order valence-electron chi connectivity index (χ4n) is 1.75. The van der Waals surface area contributed by atoms with E-state index in [-0.39, 0.29) is 0 Å². The van der Waals surface area contributed by atoms with Crippen LogP contribution in [-0.2, 0) is 13.1 Å². The summed E-state index contributed by atoms with van der Waals surface area (Å²) in [6, 6.07) is 6.10. The molecule has 17 heavy (non-hydrogen) atoms. The van der Waals surface area contributed by atoms with E-state index in [1.165, 1.54) is 5.69 Å². The summed E-state index contributed by atoms with van der Waals surface area (Å²) in [5.41, 5.74) is 3.31. The summed E-state index contributed by atoms with van der Waals surface area (Å²) in [6.07, 6.45) is 3.76. The highest BCUT2D eigenvalue weighted by Gasteiger charge is 2.03. The highest BCUT2D eigenvalue weighted by Crippen LogP contribution is 2.05. The molecular formula is C13H18N4. The number of pyridine rings is 1. The molecule has 0 unspecified atom stereocenters. The van der Waals surface area contributed by atoms with Crippen molar-refractivity contribution in [3.63, 3.8) is 0 Å². The largest absolute Gasteiger partial charge is 0.327 e. The zero-order valence-corrected chi connectivity index (χ0v) is 10.3. The van der Waals surface area contributed by atoms with Crippen LogP contribution in [0.25, 0.3) is 0 Å². The number of imidazole rings is 1. The van der Waals surface area contributed by atoms with E-state index in [9.17, 15) is 0 Å². The average Bonchev–Trinajstić information content (AvgIpc) is 2.74. The number of aryl methyl sites for hydroxylation is 1. The number of hydrogen-bond donors (Lipinski definition) is 1. The summed E-state index contributed by atoms with van der Waals surface area (Å²) in [4.78, 5) is 8.69. The third-order valence-corrected chi connectivity index (χ3v) is 2.63. The first-order valence-electron chi connectivity index (χ1n) is 5.92. The molecule has 0 spiro atoms. The zero-order valence-electron chi connectivity index (χ0n) is 10.3. The van der Waals surface area contributed by atoms with Crippen LogP contribution in [-0.4, -0.2) is 21.1 Å². The third kappa shape index (κ3) is 3.14. The Morgan fingerprint density at radius 3 is 3.00 bits per heavy atom. The maximum absolute atomic E-state index is 4.50. The minimum atomic E-state index is 0.780. The quantitative estimate of drug-likeness (QED) is 0.851. The summed E-state index contributed by atoms with van der Waals surface area (Å²) >= 11 is 0. The Bertz CT molecular complexity index is 476. The molecule has 90 valence electrons. The van der Waals surface area contributed by atoms with E-state index in [1.54, 1.807) is 0 Å². The summed E-state index contributed by atoms with van der Waals surface area (Å²) in [6.45, 7) is 6.71. The predicted molar refractivity (Wildman–Crippen MR) is 67.7 cm³/mol. The number of nitrogens with zero attached hydrogens (tertiary/aromatic N) is 3. The van der Waals surface area contributed by atoms with Gasteiger partial charge in [0.15, 0.2) is 0 Å². The van der Waals surface area contributed by atoms with Crippen LogP contribution >= 0.6 is 0 Å². The van der Waals surface area contributed by atoms with E-state index in [0.717, 1.165) is 31.0 Å². The Morgan fingerprint density at radius 1 is 1.35 bits per heavy atom. The predicted octanol–water partition coefficient (Wildman–Crippen LogP) is 1.74. The highest BCUT2D eigenvalue weighted by molar-refractivity contribution is 5.11. The Balaban J connectivity index is 2.10. The van der Waals surface area contributed by atoms with Gasteiger partial charge in [0.05, 0.1) is 24.3 Å².